The van der Waals surface area contributed by atoms with Crippen molar-refractivity contribution in [3.8, 4) is 17.2 Å². The number of hydrogen-bond donors (Lipinski definition) is 3. The summed E-state index contributed by atoms with van der Waals surface area (Å²) >= 11 is 0. The zero-order valence-corrected chi connectivity index (χ0v) is 32.6. The Labute approximate surface area is 336 Å². The summed E-state index contributed by atoms with van der Waals surface area (Å²) in [5.74, 6) is -1.12. The first kappa shape index (κ1) is 44.1. The minimum Gasteiger partial charge on any atom is -0.497 e. The molecule has 308 valence electrons. The van der Waals surface area contributed by atoms with Crippen LogP contribution in [0.15, 0.2) is 97.1 Å². The van der Waals surface area contributed by atoms with Crippen LogP contribution in [0.4, 0.5) is 9.18 Å². The molecule has 0 aliphatic carbocycles. The van der Waals surface area contributed by atoms with Crippen LogP contribution in [0.1, 0.15) is 59.2 Å². The van der Waals surface area contributed by atoms with Crippen molar-refractivity contribution in [2.24, 2.45) is 0 Å². The normalized spacial score (nSPS) is 11.6. The molecule has 58 heavy (non-hydrogen) atoms. The molecule has 3 amide bonds. The Balaban J connectivity index is 1.39. The third-order valence-electron chi connectivity index (χ3n) is 8.77. The maximum Gasteiger partial charge on any atom is 0.329 e. The van der Waals surface area contributed by atoms with Crippen molar-refractivity contribution in [2.75, 3.05) is 27.9 Å². The Morgan fingerprint density at radius 1 is 0.552 bits per heavy atom. The highest BCUT2D eigenvalue weighted by Crippen LogP contribution is 2.16. The minimum absolute atomic E-state index is 0.0143. The van der Waals surface area contributed by atoms with E-state index in [1.807, 2.05) is 0 Å². The van der Waals surface area contributed by atoms with Crippen molar-refractivity contribution in [3.05, 3.63) is 125 Å². The van der Waals surface area contributed by atoms with E-state index < -0.39 is 41.8 Å². The topological polar surface area (TPSA) is 177 Å². The minimum atomic E-state index is -1.30. The fourth-order valence-corrected chi connectivity index (χ4v) is 5.41. The first-order chi connectivity index (χ1) is 28.1. The van der Waals surface area contributed by atoms with Crippen LogP contribution in [-0.4, -0.2) is 69.8 Å². The van der Waals surface area contributed by atoms with Gasteiger partial charge in [-0.2, -0.15) is 0 Å². The fourth-order valence-electron chi connectivity index (χ4n) is 5.41. The lowest BCUT2D eigenvalue weighted by Gasteiger charge is -2.21. The number of unbranched alkanes of at least 4 members (excludes halogenated alkanes) is 1. The largest absolute Gasteiger partial charge is 0.497 e. The Hall–Kier alpha value is -6.64. The Kier molecular flexibility index (Phi) is 17.8. The van der Waals surface area contributed by atoms with Gasteiger partial charge in [0.25, 0.3) is 5.91 Å². The highest BCUT2D eigenvalue weighted by Gasteiger charge is 2.28. The van der Waals surface area contributed by atoms with E-state index in [2.05, 4.69) is 16.0 Å². The van der Waals surface area contributed by atoms with Gasteiger partial charge in [-0.3, -0.25) is 9.59 Å². The van der Waals surface area contributed by atoms with Crippen LogP contribution in [0, 0.1) is 5.82 Å². The van der Waals surface area contributed by atoms with Crippen molar-refractivity contribution in [3.63, 3.8) is 0 Å². The molecule has 4 aromatic rings. The Morgan fingerprint density at radius 3 is 1.43 bits per heavy atom. The van der Waals surface area contributed by atoms with Gasteiger partial charge in [-0.15, -0.1) is 0 Å². The molecule has 2 unspecified atom stereocenters. The highest BCUT2D eigenvalue weighted by atomic mass is 19.1. The van der Waals surface area contributed by atoms with Gasteiger partial charge in [0.15, 0.2) is 0 Å². The number of methoxy groups -OCH3 is 3. The quantitative estimate of drug-likeness (QED) is 0.0498. The molecule has 0 aliphatic rings. The van der Waals surface area contributed by atoms with Crippen molar-refractivity contribution < 1.29 is 56.8 Å². The van der Waals surface area contributed by atoms with Crippen LogP contribution in [0.25, 0.3) is 0 Å². The number of carbonyl (C=O) groups excluding carboxylic acids is 5. The summed E-state index contributed by atoms with van der Waals surface area (Å²) in [6.45, 7) is 0.0180. The first-order valence-corrected chi connectivity index (χ1v) is 18.5. The van der Waals surface area contributed by atoms with E-state index in [1.165, 1.54) is 38.5 Å². The average molecular weight is 802 g/mol. The zero-order chi connectivity index (χ0) is 41.7. The van der Waals surface area contributed by atoms with Gasteiger partial charge in [0.05, 0.1) is 21.3 Å². The number of carbonyl (C=O) groups is 5. The molecule has 0 saturated heterocycles. The van der Waals surface area contributed by atoms with E-state index in [-0.39, 0.29) is 51.5 Å². The van der Waals surface area contributed by atoms with Crippen molar-refractivity contribution in [1.29, 1.82) is 0 Å². The lowest BCUT2D eigenvalue weighted by atomic mass is 10.1. The molecule has 4 aromatic carbocycles. The third-order valence-corrected chi connectivity index (χ3v) is 8.77. The second-order valence-electron chi connectivity index (χ2n) is 12.9. The zero-order valence-electron chi connectivity index (χ0n) is 32.6. The Bertz CT molecular complexity index is 1920. The summed E-state index contributed by atoms with van der Waals surface area (Å²) in [7, 11) is 4.60. The molecule has 0 fully saturated rings. The average Bonchev–Trinajstić information content (AvgIpc) is 3.25. The summed E-state index contributed by atoms with van der Waals surface area (Å²) in [5.41, 5.74) is 2.36. The number of esters is 3. The predicted molar refractivity (Wildman–Crippen MR) is 209 cm³/mol. The van der Waals surface area contributed by atoms with Crippen LogP contribution in [0.5, 0.6) is 17.2 Å². The van der Waals surface area contributed by atoms with Crippen molar-refractivity contribution in [1.82, 2.24) is 16.0 Å². The molecule has 14 nitrogen and oxygen atoms in total. The molecule has 0 spiro atoms. The summed E-state index contributed by atoms with van der Waals surface area (Å²) in [6.07, 6.45) is 0.509. The standard InChI is InChI=1S/C43H48FN3O11/c1-53-34-17-7-29(8-18-34)26-56-39(48)24-23-38(42(51)58-28-31-11-21-36(55-3)22-12-31)47-43(52)46-37(41(50)57-27-30-9-19-35(54-2)20-10-30)6-4-5-25-45-40(49)32-13-15-33(44)16-14-32/h7-22,37-38H,4-6,23-28H2,1-3H3,(H,45,49)(H2,46,47,52). The fraction of sp³-hybridized carbons (Fsp3) is 0.326. The molecule has 0 aromatic heterocycles. The summed E-state index contributed by atoms with van der Waals surface area (Å²) in [4.78, 5) is 65.4. The van der Waals surface area contributed by atoms with Crippen molar-refractivity contribution in [2.45, 2.75) is 64.0 Å². The number of benzene rings is 4. The van der Waals surface area contributed by atoms with E-state index in [4.69, 9.17) is 28.4 Å². The second-order valence-corrected chi connectivity index (χ2v) is 12.9. The van der Waals surface area contributed by atoms with E-state index in [0.29, 0.717) is 46.8 Å². The second kappa shape index (κ2) is 23.4. The lowest BCUT2D eigenvalue weighted by Crippen LogP contribution is -2.51. The van der Waals surface area contributed by atoms with Crippen molar-refractivity contribution >= 4 is 29.8 Å². The smallest absolute Gasteiger partial charge is 0.329 e. The number of halogens is 1. The molecule has 2 atom stereocenters. The van der Waals surface area contributed by atoms with Gasteiger partial charge in [0.2, 0.25) is 0 Å². The predicted octanol–water partition coefficient (Wildman–Crippen LogP) is 5.80. The number of urea groups is 1. The van der Waals surface area contributed by atoms with Gasteiger partial charge >= 0.3 is 23.9 Å². The molecular formula is C43H48FN3O11. The van der Waals surface area contributed by atoms with Crippen LogP contribution in [-0.2, 0) is 48.4 Å². The van der Waals surface area contributed by atoms with Crippen LogP contribution in [0.3, 0.4) is 0 Å². The molecule has 0 heterocycles. The van der Waals surface area contributed by atoms with E-state index in [1.54, 1.807) is 79.9 Å². The van der Waals surface area contributed by atoms with Crippen LogP contribution < -0.4 is 30.2 Å². The maximum absolute atomic E-state index is 13.5. The molecule has 15 heteroatoms. The molecule has 0 radical (unpaired) electrons. The van der Waals surface area contributed by atoms with Gasteiger partial charge in [0, 0.05) is 18.5 Å². The van der Waals surface area contributed by atoms with Gasteiger partial charge in [0.1, 0.15) is 55.0 Å². The van der Waals surface area contributed by atoms with Crippen LogP contribution >= 0.6 is 0 Å². The number of ether oxygens (including phenoxy) is 6. The highest BCUT2D eigenvalue weighted by molar-refractivity contribution is 5.94. The molecule has 0 aliphatic heterocycles. The number of rotatable bonds is 22. The number of hydrogen-bond acceptors (Lipinski definition) is 11. The van der Waals surface area contributed by atoms with Gasteiger partial charge in [-0.05, 0) is 103 Å². The van der Waals surface area contributed by atoms with E-state index in [0.717, 1.165) is 5.56 Å². The van der Waals surface area contributed by atoms with Gasteiger partial charge < -0.3 is 44.4 Å². The number of nitrogens with one attached hydrogen (secondary N) is 3. The summed E-state index contributed by atoms with van der Waals surface area (Å²) in [6, 6.07) is 22.5. The SMILES string of the molecule is COc1ccc(COC(=O)CCC(NC(=O)NC(CCCCNC(=O)c2ccc(F)cc2)C(=O)OCc2ccc(OC)cc2)C(=O)OCc2ccc(OC)cc2)cc1. The third kappa shape index (κ3) is 15.1. The van der Waals surface area contributed by atoms with E-state index >= 15 is 0 Å². The van der Waals surface area contributed by atoms with Crippen LogP contribution in [0.2, 0.25) is 0 Å². The number of amides is 3. The summed E-state index contributed by atoms with van der Waals surface area (Å²) in [5, 5.41) is 7.90. The maximum atomic E-state index is 13.5. The molecule has 4 rings (SSSR count). The molecule has 3 N–H and O–H groups in total. The monoisotopic (exact) mass is 801 g/mol. The van der Waals surface area contributed by atoms with Gasteiger partial charge in [-0.1, -0.05) is 36.4 Å². The van der Waals surface area contributed by atoms with Gasteiger partial charge in [-0.25, -0.2) is 18.8 Å². The first-order valence-electron chi connectivity index (χ1n) is 18.5. The summed E-state index contributed by atoms with van der Waals surface area (Å²) < 4.78 is 45.2. The molecule has 0 bridgehead atoms. The Morgan fingerprint density at radius 2 is 0.983 bits per heavy atom. The molecular weight excluding hydrogens is 753 g/mol. The lowest BCUT2D eigenvalue weighted by molar-refractivity contribution is -0.149. The molecule has 0 saturated carbocycles. The van der Waals surface area contributed by atoms with E-state index in [9.17, 15) is 28.4 Å².